The van der Waals surface area contributed by atoms with Crippen molar-refractivity contribution in [3.63, 3.8) is 0 Å². The highest BCUT2D eigenvalue weighted by atomic mass is 16.6. The van der Waals surface area contributed by atoms with E-state index in [1.807, 2.05) is 0 Å². The lowest BCUT2D eigenvalue weighted by molar-refractivity contribution is 0.0727. The molecule has 1 aromatic heterocycles. The smallest absolute Gasteiger partial charge is 0.345 e. The number of rotatable bonds is 6. The fourth-order valence-corrected chi connectivity index (χ4v) is 1.96. The number of aromatic nitrogens is 1. The number of esters is 1. The third-order valence-corrected chi connectivity index (χ3v) is 2.97. The van der Waals surface area contributed by atoms with Gasteiger partial charge in [-0.3, -0.25) is 9.78 Å². The molecule has 0 saturated heterocycles. The van der Waals surface area contributed by atoms with Crippen molar-refractivity contribution in [2.75, 3.05) is 7.11 Å². The van der Waals surface area contributed by atoms with Gasteiger partial charge in [-0.15, -0.1) is 6.58 Å². The number of nitrogens with zero attached hydrogens (tertiary/aromatic N) is 1. The van der Waals surface area contributed by atoms with E-state index in [0.717, 1.165) is 0 Å². The normalized spacial score (nSPS) is 9.86. The maximum atomic E-state index is 12.2. The molecule has 22 heavy (non-hydrogen) atoms. The van der Waals surface area contributed by atoms with Crippen LogP contribution in [0.3, 0.4) is 0 Å². The third kappa shape index (κ3) is 3.38. The summed E-state index contributed by atoms with van der Waals surface area (Å²) >= 11 is 0. The Kier molecular flexibility index (Phi) is 5.03. The molecule has 2 aromatic rings. The first-order chi connectivity index (χ1) is 10.7. The van der Waals surface area contributed by atoms with Crippen molar-refractivity contribution in [2.45, 2.75) is 6.42 Å². The van der Waals surface area contributed by atoms with Gasteiger partial charge in [-0.2, -0.15) is 0 Å². The highest BCUT2D eigenvalue weighted by Gasteiger charge is 2.17. The van der Waals surface area contributed by atoms with E-state index >= 15 is 0 Å². The fourth-order valence-electron chi connectivity index (χ4n) is 1.96. The van der Waals surface area contributed by atoms with E-state index in [0.29, 0.717) is 35.1 Å². The topological polar surface area (TPSA) is 65.5 Å². The Morgan fingerprint density at radius 2 is 2.23 bits per heavy atom. The van der Waals surface area contributed by atoms with Crippen LogP contribution < -0.4 is 9.47 Å². The summed E-state index contributed by atoms with van der Waals surface area (Å²) in [6.45, 7) is 3.67. The molecule has 0 spiro atoms. The van der Waals surface area contributed by atoms with E-state index in [1.54, 1.807) is 30.5 Å². The molecule has 5 nitrogen and oxygen atoms in total. The first kappa shape index (κ1) is 15.4. The fraction of sp³-hybridized carbons (Fsp3) is 0.118. The summed E-state index contributed by atoms with van der Waals surface area (Å²) in [5, 5.41) is 0. The van der Waals surface area contributed by atoms with Gasteiger partial charge in [0.15, 0.2) is 11.5 Å². The Morgan fingerprint density at radius 3 is 2.82 bits per heavy atom. The van der Waals surface area contributed by atoms with Gasteiger partial charge >= 0.3 is 5.97 Å². The second-order valence-corrected chi connectivity index (χ2v) is 4.45. The summed E-state index contributed by atoms with van der Waals surface area (Å²) in [4.78, 5) is 27.1. The van der Waals surface area contributed by atoms with Crippen LogP contribution in [0.25, 0.3) is 0 Å². The Morgan fingerprint density at radius 1 is 1.41 bits per heavy atom. The van der Waals surface area contributed by atoms with Crippen LogP contribution in [0.1, 0.15) is 26.3 Å². The van der Waals surface area contributed by atoms with E-state index in [9.17, 15) is 9.59 Å². The predicted molar refractivity (Wildman–Crippen MR) is 81.5 cm³/mol. The van der Waals surface area contributed by atoms with Gasteiger partial charge < -0.3 is 9.47 Å². The molecule has 0 aliphatic rings. The molecule has 5 heteroatoms. The standard InChI is InChI=1S/C17H15NO4/c1-3-5-13-8-12(11-19)9-15(21-2)16(13)22-17(20)14-6-4-7-18-10-14/h3-4,6-11H,1,5H2,2H3. The zero-order chi connectivity index (χ0) is 15.9. The van der Waals surface area contributed by atoms with E-state index in [4.69, 9.17) is 9.47 Å². The number of carbonyl (C=O) groups is 2. The second-order valence-electron chi connectivity index (χ2n) is 4.45. The molecule has 1 aromatic carbocycles. The average molecular weight is 297 g/mol. The number of ether oxygens (including phenoxy) is 2. The molecule has 112 valence electrons. The molecule has 0 radical (unpaired) electrons. The van der Waals surface area contributed by atoms with Crippen molar-refractivity contribution >= 4 is 12.3 Å². The van der Waals surface area contributed by atoms with Gasteiger partial charge in [0.1, 0.15) is 6.29 Å². The van der Waals surface area contributed by atoms with E-state index in [1.165, 1.54) is 19.4 Å². The number of hydrogen-bond donors (Lipinski definition) is 0. The molecular weight excluding hydrogens is 282 g/mol. The van der Waals surface area contributed by atoms with E-state index in [2.05, 4.69) is 11.6 Å². The Hall–Kier alpha value is -2.95. The molecule has 2 rings (SSSR count). The SMILES string of the molecule is C=CCc1cc(C=O)cc(OC)c1OC(=O)c1cccnc1. The van der Waals surface area contributed by atoms with Crippen LogP contribution in [0.2, 0.25) is 0 Å². The van der Waals surface area contributed by atoms with Crippen molar-refractivity contribution in [1.82, 2.24) is 4.98 Å². The highest BCUT2D eigenvalue weighted by Crippen LogP contribution is 2.33. The quantitative estimate of drug-likeness (QED) is 0.355. The number of methoxy groups -OCH3 is 1. The van der Waals surface area contributed by atoms with Gasteiger partial charge in [-0.05, 0) is 30.7 Å². The highest BCUT2D eigenvalue weighted by molar-refractivity contribution is 5.91. The minimum absolute atomic E-state index is 0.279. The Labute approximate surface area is 128 Å². The van der Waals surface area contributed by atoms with Gasteiger partial charge in [0.2, 0.25) is 0 Å². The summed E-state index contributed by atoms with van der Waals surface area (Å²) in [5.41, 5.74) is 1.41. The lowest BCUT2D eigenvalue weighted by Crippen LogP contribution is -2.11. The summed E-state index contributed by atoms with van der Waals surface area (Å²) in [7, 11) is 1.45. The van der Waals surface area contributed by atoms with Crippen LogP contribution in [0.15, 0.2) is 49.3 Å². The van der Waals surface area contributed by atoms with Crippen molar-refractivity contribution < 1.29 is 19.1 Å². The van der Waals surface area contributed by atoms with Crippen molar-refractivity contribution in [3.8, 4) is 11.5 Å². The lowest BCUT2D eigenvalue weighted by atomic mass is 10.1. The molecule has 0 amide bonds. The van der Waals surface area contributed by atoms with Gasteiger partial charge in [-0.25, -0.2) is 4.79 Å². The second kappa shape index (κ2) is 7.17. The minimum atomic E-state index is -0.546. The first-order valence-electron chi connectivity index (χ1n) is 6.58. The average Bonchev–Trinajstić information content (AvgIpc) is 2.57. The van der Waals surface area contributed by atoms with Crippen molar-refractivity contribution in [1.29, 1.82) is 0 Å². The van der Waals surface area contributed by atoms with Gasteiger partial charge in [0.05, 0.1) is 12.7 Å². The monoisotopic (exact) mass is 297 g/mol. The number of aldehydes is 1. The number of carbonyl (C=O) groups excluding carboxylic acids is 2. The molecule has 0 atom stereocenters. The Balaban J connectivity index is 2.42. The van der Waals surface area contributed by atoms with Gasteiger partial charge in [-0.1, -0.05) is 6.08 Å². The number of hydrogen-bond acceptors (Lipinski definition) is 5. The van der Waals surface area contributed by atoms with Crippen molar-refractivity contribution in [2.24, 2.45) is 0 Å². The van der Waals surface area contributed by atoms with Crippen LogP contribution in [-0.2, 0) is 6.42 Å². The zero-order valence-electron chi connectivity index (χ0n) is 12.1. The minimum Gasteiger partial charge on any atom is -0.493 e. The molecule has 0 aliphatic carbocycles. The lowest BCUT2D eigenvalue weighted by Gasteiger charge is -2.14. The summed E-state index contributed by atoms with van der Waals surface area (Å²) in [5.74, 6) is 0.0520. The maximum absolute atomic E-state index is 12.2. The zero-order valence-corrected chi connectivity index (χ0v) is 12.1. The molecule has 0 saturated carbocycles. The van der Waals surface area contributed by atoms with Crippen LogP contribution in [0.4, 0.5) is 0 Å². The molecule has 0 fully saturated rings. The predicted octanol–water partition coefficient (Wildman–Crippen LogP) is 2.85. The number of allylic oxidation sites excluding steroid dienone is 1. The molecular formula is C17H15NO4. The third-order valence-electron chi connectivity index (χ3n) is 2.97. The van der Waals surface area contributed by atoms with Crippen LogP contribution in [0.5, 0.6) is 11.5 Å². The van der Waals surface area contributed by atoms with Crippen molar-refractivity contribution in [3.05, 3.63) is 66.0 Å². The molecule has 0 unspecified atom stereocenters. The van der Waals surface area contributed by atoms with Crippen LogP contribution >= 0.6 is 0 Å². The number of pyridine rings is 1. The van der Waals surface area contributed by atoms with E-state index in [-0.39, 0.29) is 5.75 Å². The molecule has 0 aliphatic heterocycles. The molecule has 1 heterocycles. The van der Waals surface area contributed by atoms with E-state index < -0.39 is 5.97 Å². The summed E-state index contributed by atoms with van der Waals surface area (Å²) < 4.78 is 10.7. The number of benzene rings is 1. The summed E-state index contributed by atoms with van der Waals surface area (Å²) in [6.07, 6.45) is 5.79. The van der Waals surface area contributed by atoms with Crippen LogP contribution in [0, 0.1) is 0 Å². The first-order valence-corrected chi connectivity index (χ1v) is 6.58. The maximum Gasteiger partial charge on any atom is 0.345 e. The largest absolute Gasteiger partial charge is 0.493 e. The van der Waals surface area contributed by atoms with Crippen LogP contribution in [-0.4, -0.2) is 24.3 Å². The summed E-state index contributed by atoms with van der Waals surface area (Å²) in [6, 6.07) is 6.41. The Bertz CT molecular complexity index is 695. The van der Waals surface area contributed by atoms with Gasteiger partial charge in [0.25, 0.3) is 0 Å². The molecule has 0 N–H and O–H groups in total. The molecule has 0 bridgehead atoms. The van der Waals surface area contributed by atoms with Gasteiger partial charge in [0, 0.05) is 23.5 Å².